The van der Waals surface area contributed by atoms with Crippen molar-refractivity contribution in [2.24, 2.45) is 5.73 Å². The Balaban J connectivity index is 2.51. The number of rotatable bonds is 7. The zero-order valence-corrected chi connectivity index (χ0v) is 12.0. The fourth-order valence-electron chi connectivity index (χ4n) is 1.55. The smallest absolute Gasteiger partial charge is 0.0544 e. The summed E-state index contributed by atoms with van der Waals surface area (Å²) in [5.74, 6) is 1.03. The van der Waals surface area contributed by atoms with E-state index in [1.165, 1.54) is 5.56 Å². The molecule has 0 amide bonds. The molecule has 17 heavy (non-hydrogen) atoms. The van der Waals surface area contributed by atoms with Gasteiger partial charge < -0.3 is 10.5 Å². The van der Waals surface area contributed by atoms with Crippen molar-refractivity contribution >= 4 is 23.4 Å². The van der Waals surface area contributed by atoms with Gasteiger partial charge in [0, 0.05) is 30.4 Å². The van der Waals surface area contributed by atoms with E-state index < -0.39 is 0 Å². The van der Waals surface area contributed by atoms with E-state index in [9.17, 15) is 0 Å². The molecule has 4 heteroatoms. The van der Waals surface area contributed by atoms with Crippen LogP contribution in [0, 0.1) is 0 Å². The van der Waals surface area contributed by atoms with Crippen LogP contribution in [0.15, 0.2) is 23.1 Å². The number of methoxy groups -OCH3 is 1. The Labute approximate surface area is 113 Å². The highest BCUT2D eigenvalue weighted by molar-refractivity contribution is 7.99. The molecule has 0 aliphatic heterocycles. The first-order chi connectivity index (χ1) is 8.13. The average molecular weight is 274 g/mol. The molecule has 0 radical (unpaired) electrons. The molecule has 1 aromatic rings. The van der Waals surface area contributed by atoms with E-state index in [0.29, 0.717) is 0 Å². The van der Waals surface area contributed by atoms with E-state index in [-0.39, 0.29) is 6.04 Å². The first kappa shape index (κ1) is 14.8. The van der Waals surface area contributed by atoms with Crippen LogP contribution in [0.4, 0.5) is 0 Å². The van der Waals surface area contributed by atoms with Gasteiger partial charge in [-0.15, -0.1) is 11.8 Å². The van der Waals surface area contributed by atoms with Crippen LogP contribution in [-0.2, 0) is 11.2 Å². The first-order valence-electron chi connectivity index (χ1n) is 5.79. The lowest BCUT2D eigenvalue weighted by Crippen LogP contribution is -2.17. The summed E-state index contributed by atoms with van der Waals surface area (Å²) in [7, 11) is 1.72. The van der Waals surface area contributed by atoms with E-state index in [1.807, 2.05) is 13.0 Å². The Kier molecular flexibility index (Phi) is 6.97. The average Bonchev–Trinajstić information content (AvgIpc) is 2.26. The predicted octanol–water partition coefficient (Wildman–Crippen LogP) is 3.36. The molecule has 1 unspecified atom stereocenters. The quantitative estimate of drug-likeness (QED) is 0.611. The maximum atomic E-state index is 6.23. The second-order valence-corrected chi connectivity index (χ2v) is 5.68. The molecular formula is C13H20ClNOS. The van der Waals surface area contributed by atoms with Crippen LogP contribution in [0.3, 0.4) is 0 Å². The number of hydrogen-bond acceptors (Lipinski definition) is 3. The zero-order chi connectivity index (χ0) is 12.7. The van der Waals surface area contributed by atoms with E-state index in [0.717, 1.165) is 35.1 Å². The van der Waals surface area contributed by atoms with Crippen molar-refractivity contribution in [3.05, 3.63) is 28.8 Å². The summed E-state index contributed by atoms with van der Waals surface area (Å²) in [6.07, 6.45) is 1.91. The lowest BCUT2D eigenvalue weighted by molar-refractivity contribution is 0.200. The minimum absolute atomic E-state index is 0.172. The predicted molar refractivity (Wildman–Crippen MR) is 76.0 cm³/mol. The molecule has 1 atom stereocenters. The number of benzene rings is 1. The van der Waals surface area contributed by atoms with E-state index in [2.05, 4.69) is 12.1 Å². The Morgan fingerprint density at radius 1 is 1.47 bits per heavy atom. The number of ether oxygens (including phenoxy) is 1. The number of hydrogen-bond donors (Lipinski definition) is 1. The molecule has 0 fully saturated rings. The number of nitrogens with two attached hydrogens (primary N) is 1. The summed E-state index contributed by atoms with van der Waals surface area (Å²) in [6.45, 7) is 2.80. The van der Waals surface area contributed by atoms with Gasteiger partial charge in [-0.3, -0.25) is 0 Å². The van der Waals surface area contributed by atoms with Gasteiger partial charge in [-0.05, 0) is 37.5 Å². The minimum atomic E-state index is 0.172. The van der Waals surface area contributed by atoms with Gasteiger partial charge in [0.25, 0.3) is 0 Å². The molecule has 0 aromatic heterocycles. The van der Waals surface area contributed by atoms with Crippen molar-refractivity contribution in [3.63, 3.8) is 0 Å². The van der Waals surface area contributed by atoms with Crippen LogP contribution < -0.4 is 5.73 Å². The molecule has 96 valence electrons. The lowest BCUT2D eigenvalue weighted by Gasteiger charge is -2.08. The normalized spacial score (nSPS) is 12.7. The van der Waals surface area contributed by atoms with Crippen LogP contribution in [-0.4, -0.2) is 25.5 Å². The van der Waals surface area contributed by atoms with E-state index in [4.69, 9.17) is 22.1 Å². The molecule has 2 N–H and O–H groups in total. The highest BCUT2D eigenvalue weighted by Crippen LogP contribution is 2.28. The maximum absolute atomic E-state index is 6.23. The van der Waals surface area contributed by atoms with Crippen molar-refractivity contribution in [1.82, 2.24) is 0 Å². The molecule has 1 aromatic carbocycles. The van der Waals surface area contributed by atoms with Gasteiger partial charge in [-0.1, -0.05) is 17.7 Å². The summed E-state index contributed by atoms with van der Waals surface area (Å²) in [5.41, 5.74) is 6.96. The molecule has 0 spiro atoms. The summed E-state index contributed by atoms with van der Waals surface area (Å²) in [4.78, 5) is 1.14. The van der Waals surface area contributed by atoms with Gasteiger partial charge >= 0.3 is 0 Å². The van der Waals surface area contributed by atoms with Crippen LogP contribution in [0.1, 0.15) is 18.9 Å². The third kappa shape index (κ3) is 5.77. The van der Waals surface area contributed by atoms with Crippen LogP contribution >= 0.6 is 23.4 Å². The highest BCUT2D eigenvalue weighted by Gasteiger charge is 2.04. The largest absolute Gasteiger partial charge is 0.385 e. The summed E-state index contributed by atoms with van der Waals surface area (Å²) < 4.78 is 5.01. The van der Waals surface area contributed by atoms with Crippen LogP contribution in [0.2, 0.25) is 5.02 Å². The monoisotopic (exact) mass is 273 g/mol. The first-order valence-corrected chi connectivity index (χ1v) is 7.15. The summed E-state index contributed by atoms with van der Waals surface area (Å²) >= 11 is 8.00. The number of thioether (sulfide) groups is 1. The number of halogens is 1. The Morgan fingerprint density at radius 3 is 2.82 bits per heavy atom. The van der Waals surface area contributed by atoms with E-state index in [1.54, 1.807) is 18.9 Å². The van der Waals surface area contributed by atoms with Gasteiger partial charge in [0.1, 0.15) is 0 Å². The van der Waals surface area contributed by atoms with Gasteiger partial charge in [-0.2, -0.15) is 0 Å². The lowest BCUT2D eigenvalue weighted by atomic mass is 10.1. The Hall–Kier alpha value is -0.220. The Bertz CT molecular complexity index is 344. The third-order valence-corrected chi connectivity index (χ3v) is 3.89. The molecule has 0 aliphatic carbocycles. The molecule has 0 aliphatic rings. The van der Waals surface area contributed by atoms with Crippen molar-refractivity contribution in [1.29, 1.82) is 0 Å². The highest BCUT2D eigenvalue weighted by atomic mass is 35.5. The molecule has 0 bridgehead atoms. The van der Waals surface area contributed by atoms with Gasteiger partial charge in [0.2, 0.25) is 0 Å². The Morgan fingerprint density at radius 2 is 2.24 bits per heavy atom. The summed E-state index contributed by atoms with van der Waals surface area (Å²) in [5, 5.41) is 0.825. The molecule has 2 nitrogen and oxygen atoms in total. The van der Waals surface area contributed by atoms with Gasteiger partial charge in [0.05, 0.1) is 5.02 Å². The van der Waals surface area contributed by atoms with Crippen molar-refractivity contribution in [2.45, 2.75) is 30.7 Å². The SMILES string of the molecule is COCCCSc1ccc(CC(C)N)cc1Cl. The minimum Gasteiger partial charge on any atom is -0.385 e. The topological polar surface area (TPSA) is 35.2 Å². The van der Waals surface area contributed by atoms with Gasteiger partial charge in [-0.25, -0.2) is 0 Å². The third-order valence-electron chi connectivity index (χ3n) is 2.30. The fraction of sp³-hybridized carbons (Fsp3) is 0.538. The van der Waals surface area contributed by atoms with E-state index >= 15 is 0 Å². The van der Waals surface area contributed by atoms with Gasteiger partial charge in [0.15, 0.2) is 0 Å². The fourth-order valence-corrected chi connectivity index (χ4v) is 2.76. The molecule has 0 heterocycles. The molecule has 0 saturated carbocycles. The second kappa shape index (κ2) is 7.98. The van der Waals surface area contributed by atoms with Crippen molar-refractivity contribution in [2.75, 3.05) is 19.5 Å². The van der Waals surface area contributed by atoms with Crippen molar-refractivity contribution < 1.29 is 4.74 Å². The molecule has 1 rings (SSSR count). The van der Waals surface area contributed by atoms with Crippen LogP contribution in [0.5, 0.6) is 0 Å². The zero-order valence-electron chi connectivity index (χ0n) is 10.4. The maximum Gasteiger partial charge on any atom is 0.0544 e. The molecular weight excluding hydrogens is 254 g/mol. The standard InChI is InChI=1S/C13H20ClNOS/c1-10(15)8-11-4-5-13(12(14)9-11)17-7-3-6-16-2/h4-5,9-10H,3,6-8,15H2,1-2H3. The molecule has 0 saturated heterocycles. The summed E-state index contributed by atoms with van der Waals surface area (Å²) in [6, 6.07) is 6.38. The van der Waals surface area contributed by atoms with Crippen molar-refractivity contribution in [3.8, 4) is 0 Å². The van der Waals surface area contributed by atoms with Crippen LogP contribution in [0.25, 0.3) is 0 Å². The second-order valence-electron chi connectivity index (χ2n) is 4.14.